The fourth-order valence-electron chi connectivity index (χ4n) is 2.43. The van der Waals surface area contributed by atoms with E-state index in [0.717, 1.165) is 31.5 Å². The number of rotatable bonds is 3. The van der Waals surface area contributed by atoms with Crippen molar-refractivity contribution in [3.05, 3.63) is 29.6 Å². The van der Waals surface area contributed by atoms with Gasteiger partial charge in [-0.3, -0.25) is 4.79 Å². The molecule has 1 aliphatic heterocycles. The van der Waals surface area contributed by atoms with E-state index in [1.807, 2.05) is 18.7 Å². The van der Waals surface area contributed by atoms with Crippen LogP contribution >= 0.6 is 0 Å². The lowest BCUT2D eigenvalue weighted by Gasteiger charge is -2.30. The molecule has 104 valence electrons. The van der Waals surface area contributed by atoms with Crippen molar-refractivity contribution in [2.75, 3.05) is 18.4 Å². The number of likely N-dealkylation sites (tertiary alicyclic amines) is 1. The molecule has 1 aromatic carbocycles. The molecule has 2 rings (SSSR count). The fourth-order valence-corrected chi connectivity index (χ4v) is 2.43. The second-order valence-electron chi connectivity index (χ2n) is 5.21. The van der Waals surface area contributed by atoms with Crippen molar-refractivity contribution in [1.82, 2.24) is 4.90 Å². The summed E-state index contributed by atoms with van der Waals surface area (Å²) in [5.74, 6) is -0.186. The summed E-state index contributed by atoms with van der Waals surface area (Å²) >= 11 is 0. The van der Waals surface area contributed by atoms with Gasteiger partial charge in [0.15, 0.2) is 0 Å². The van der Waals surface area contributed by atoms with Gasteiger partial charge in [0.2, 0.25) is 5.91 Å². The van der Waals surface area contributed by atoms with Crippen LogP contribution in [-0.4, -0.2) is 29.9 Å². The number of anilines is 1. The second-order valence-corrected chi connectivity index (χ2v) is 5.21. The van der Waals surface area contributed by atoms with Crippen LogP contribution in [0.15, 0.2) is 18.2 Å². The number of carbonyl (C=O) groups is 1. The summed E-state index contributed by atoms with van der Waals surface area (Å²) in [4.78, 5) is 14.2. The molecule has 0 radical (unpaired) electrons. The lowest BCUT2D eigenvalue weighted by molar-refractivity contribution is -0.132. The maximum absolute atomic E-state index is 13.2. The number of hydrogen-bond donors (Lipinski definition) is 1. The second kappa shape index (κ2) is 6.04. The Balaban J connectivity index is 2.01. The largest absolute Gasteiger partial charge is 0.374 e. The predicted octanol–water partition coefficient (Wildman–Crippen LogP) is 2.95. The number of amides is 1. The summed E-state index contributed by atoms with van der Waals surface area (Å²) in [5.41, 5.74) is 1.64. The molecule has 0 spiro atoms. The van der Waals surface area contributed by atoms with Crippen molar-refractivity contribution >= 4 is 11.6 Å². The first-order valence-corrected chi connectivity index (χ1v) is 6.89. The van der Waals surface area contributed by atoms with Gasteiger partial charge in [-0.2, -0.15) is 0 Å². The van der Waals surface area contributed by atoms with Crippen LogP contribution < -0.4 is 5.32 Å². The molecule has 1 aromatic rings. The van der Waals surface area contributed by atoms with E-state index in [-0.39, 0.29) is 17.8 Å². The molecule has 0 aromatic heterocycles. The summed E-state index contributed by atoms with van der Waals surface area (Å²) in [6.07, 6.45) is 3.36. The highest BCUT2D eigenvalue weighted by Crippen LogP contribution is 2.18. The van der Waals surface area contributed by atoms with Gasteiger partial charge in [-0.15, -0.1) is 0 Å². The van der Waals surface area contributed by atoms with E-state index in [2.05, 4.69) is 5.32 Å². The molecule has 1 heterocycles. The van der Waals surface area contributed by atoms with E-state index >= 15 is 0 Å². The van der Waals surface area contributed by atoms with Crippen LogP contribution in [-0.2, 0) is 4.79 Å². The van der Waals surface area contributed by atoms with Crippen molar-refractivity contribution < 1.29 is 9.18 Å². The van der Waals surface area contributed by atoms with Gasteiger partial charge < -0.3 is 10.2 Å². The van der Waals surface area contributed by atoms with Crippen LogP contribution in [0.3, 0.4) is 0 Å². The van der Waals surface area contributed by atoms with E-state index in [1.54, 1.807) is 6.07 Å². The topological polar surface area (TPSA) is 32.3 Å². The minimum absolute atomic E-state index is 0.100. The lowest BCUT2D eigenvalue weighted by Crippen LogP contribution is -2.44. The molecule has 0 bridgehead atoms. The Hall–Kier alpha value is -1.58. The van der Waals surface area contributed by atoms with Crippen molar-refractivity contribution in [2.45, 2.75) is 39.2 Å². The summed E-state index contributed by atoms with van der Waals surface area (Å²) in [7, 11) is 0. The predicted molar refractivity (Wildman–Crippen MR) is 74.7 cm³/mol. The van der Waals surface area contributed by atoms with Crippen LogP contribution in [0.5, 0.6) is 0 Å². The van der Waals surface area contributed by atoms with Crippen molar-refractivity contribution in [3.8, 4) is 0 Å². The molecule has 19 heavy (non-hydrogen) atoms. The Bertz CT molecular complexity index is 455. The Morgan fingerprint density at radius 2 is 2.00 bits per heavy atom. The Labute approximate surface area is 113 Å². The van der Waals surface area contributed by atoms with Crippen molar-refractivity contribution in [3.63, 3.8) is 0 Å². The maximum atomic E-state index is 13.2. The number of piperidine rings is 1. The molecule has 1 fully saturated rings. The number of halogens is 1. The van der Waals surface area contributed by atoms with Gasteiger partial charge in [-0.1, -0.05) is 6.07 Å². The van der Waals surface area contributed by atoms with Gasteiger partial charge in [-0.25, -0.2) is 4.39 Å². The number of carbonyl (C=O) groups excluding carboxylic acids is 1. The minimum atomic E-state index is -0.321. The number of aryl methyl sites for hydroxylation is 1. The van der Waals surface area contributed by atoms with E-state index in [1.165, 1.54) is 18.6 Å². The van der Waals surface area contributed by atoms with E-state index in [4.69, 9.17) is 0 Å². The first-order chi connectivity index (χ1) is 9.08. The minimum Gasteiger partial charge on any atom is -0.374 e. The number of hydrogen-bond acceptors (Lipinski definition) is 2. The Morgan fingerprint density at radius 1 is 1.32 bits per heavy atom. The molecular formula is C15H21FN2O. The van der Waals surface area contributed by atoms with Crippen LogP contribution in [0.25, 0.3) is 0 Å². The smallest absolute Gasteiger partial charge is 0.244 e. The molecular weight excluding hydrogens is 243 g/mol. The van der Waals surface area contributed by atoms with E-state index < -0.39 is 0 Å². The van der Waals surface area contributed by atoms with Gasteiger partial charge >= 0.3 is 0 Å². The Kier molecular flexibility index (Phi) is 4.40. The highest BCUT2D eigenvalue weighted by Gasteiger charge is 2.22. The number of nitrogens with zero attached hydrogens (tertiary/aromatic N) is 1. The van der Waals surface area contributed by atoms with E-state index in [0.29, 0.717) is 5.69 Å². The summed E-state index contributed by atoms with van der Waals surface area (Å²) in [6, 6.07) is 4.27. The lowest BCUT2D eigenvalue weighted by atomic mass is 10.1. The third-order valence-electron chi connectivity index (χ3n) is 3.61. The van der Waals surface area contributed by atoms with Gasteiger partial charge in [-0.05, 0) is 50.8 Å². The van der Waals surface area contributed by atoms with Crippen LogP contribution in [0.4, 0.5) is 10.1 Å². The van der Waals surface area contributed by atoms with Crippen LogP contribution in [0.1, 0.15) is 31.7 Å². The molecule has 1 atom stereocenters. The molecule has 3 nitrogen and oxygen atoms in total. The monoisotopic (exact) mass is 264 g/mol. The van der Waals surface area contributed by atoms with Crippen molar-refractivity contribution in [1.29, 1.82) is 0 Å². The van der Waals surface area contributed by atoms with Gasteiger partial charge in [0.1, 0.15) is 11.9 Å². The zero-order chi connectivity index (χ0) is 13.8. The molecule has 4 heteroatoms. The van der Waals surface area contributed by atoms with Gasteiger partial charge in [0.05, 0.1) is 0 Å². The number of benzene rings is 1. The Morgan fingerprint density at radius 3 is 2.68 bits per heavy atom. The van der Waals surface area contributed by atoms with Gasteiger partial charge in [0, 0.05) is 18.8 Å². The average Bonchev–Trinajstić information content (AvgIpc) is 2.43. The third-order valence-corrected chi connectivity index (χ3v) is 3.61. The first-order valence-electron chi connectivity index (χ1n) is 6.89. The zero-order valence-corrected chi connectivity index (χ0v) is 11.6. The average molecular weight is 264 g/mol. The first kappa shape index (κ1) is 13.8. The van der Waals surface area contributed by atoms with Crippen LogP contribution in [0, 0.1) is 12.7 Å². The molecule has 1 amide bonds. The SMILES string of the molecule is Cc1ccc(F)cc1NC(C)C(=O)N1CCCCC1. The molecule has 0 saturated carbocycles. The highest BCUT2D eigenvalue weighted by molar-refractivity contribution is 5.84. The van der Waals surface area contributed by atoms with E-state index in [9.17, 15) is 9.18 Å². The summed E-state index contributed by atoms with van der Waals surface area (Å²) in [5, 5.41) is 3.12. The maximum Gasteiger partial charge on any atom is 0.244 e. The number of nitrogens with one attached hydrogen (secondary N) is 1. The quantitative estimate of drug-likeness (QED) is 0.910. The molecule has 1 saturated heterocycles. The molecule has 1 aliphatic rings. The molecule has 1 N–H and O–H groups in total. The van der Waals surface area contributed by atoms with Crippen LogP contribution in [0.2, 0.25) is 0 Å². The zero-order valence-electron chi connectivity index (χ0n) is 11.6. The summed E-state index contributed by atoms with van der Waals surface area (Å²) in [6.45, 7) is 5.42. The molecule has 1 unspecified atom stereocenters. The van der Waals surface area contributed by atoms with Gasteiger partial charge in [0.25, 0.3) is 0 Å². The normalized spacial score (nSPS) is 17.1. The highest BCUT2D eigenvalue weighted by atomic mass is 19.1. The third kappa shape index (κ3) is 3.46. The van der Waals surface area contributed by atoms with Crippen molar-refractivity contribution in [2.24, 2.45) is 0 Å². The fraction of sp³-hybridized carbons (Fsp3) is 0.533. The summed E-state index contributed by atoms with van der Waals surface area (Å²) < 4.78 is 13.2. The standard InChI is InChI=1S/C15H21FN2O/c1-11-6-7-13(16)10-14(11)17-12(2)15(19)18-8-4-3-5-9-18/h6-7,10,12,17H,3-5,8-9H2,1-2H3. The molecule has 0 aliphatic carbocycles.